The summed E-state index contributed by atoms with van der Waals surface area (Å²) in [6.07, 6.45) is 2.88. The molecule has 2 fully saturated rings. The number of imidazole rings is 1. The zero-order valence-corrected chi connectivity index (χ0v) is 17.3. The summed E-state index contributed by atoms with van der Waals surface area (Å²) in [4.78, 5) is 6.71. The van der Waals surface area contributed by atoms with Gasteiger partial charge in [0.25, 0.3) is 0 Å². The first-order valence-corrected chi connectivity index (χ1v) is 10.6. The summed E-state index contributed by atoms with van der Waals surface area (Å²) in [5, 5.41) is 14.0. The molecule has 6 heteroatoms. The molecule has 2 aliphatic rings. The van der Waals surface area contributed by atoms with Crippen LogP contribution in [0.5, 0.6) is 0 Å². The van der Waals surface area contributed by atoms with Gasteiger partial charge in [0.05, 0.1) is 6.54 Å². The van der Waals surface area contributed by atoms with Crippen LogP contribution >= 0.6 is 0 Å². The molecule has 5 rings (SSSR count). The Labute approximate surface area is 176 Å². The first-order chi connectivity index (χ1) is 14.6. The third-order valence-electron chi connectivity index (χ3n) is 6.28. The molecule has 4 atom stereocenters. The van der Waals surface area contributed by atoms with E-state index in [-0.39, 0.29) is 0 Å². The van der Waals surface area contributed by atoms with Crippen molar-refractivity contribution in [2.75, 3.05) is 19.6 Å². The van der Waals surface area contributed by atoms with Crippen LogP contribution in [0, 0.1) is 29.6 Å². The van der Waals surface area contributed by atoms with Gasteiger partial charge in [-0.15, -0.1) is 0 Å². The molecule has 1 N–H and O–H groups in total. The first kappa shape index (κ1) is 19.1. The van der Waals surface area contributed by atoms with Gasteiger partial charge in [0.15, 0.2) is 5.76 Å². The van der Waals surface area contributed by atoms with Gasteiger partial charge in [0.2, 0.25) is 0 Å². The fraction of sp³-hybridized carbons (Fsp3) is 0.417. The second-order valence-electron chi connectivity index (χ2n) is 8.32. The van der Waals surface area contributed by atoms with E-state index in [2.05, 4.69) is 33.8 Å². The Balaban J connectivity index is 1.23. The van der Waals surface area contributed by atoms with E-state index in [0.717, 1.165) is 41.0 Å². The summed E-state index contributed by atoms with van der Waals surface area (Å²) in [5.74, 6) is 10.3. The zero-order chi connectivity index (χ0) is 20.7. The van der Waals surface area contributed by atoms with E-state index in [0.29, 0.717) is 18.3 Å². The van der Waals surface area contributed by atoms with Crippen molar-refractivity contribution in [3.63, 3.8) is 0 Å². The van der Waals surface area contributed by atoms with E-state index in [9.17, 15) is 5.11 Å². The molecule has 0 unspecified atom stereocenters. The van der Waals surface area contributed by atoms with Crippen LogP contribution in [0.25, 0.3) is 11.3 Å². The maximum atomic E-state index is 9.79. The van der Waals surface area contributed by atoms with Crippen LogP contribution in [0.2, 0.25) is 0 Å². The molecular weight excluding hydrogens is 376 g/mol. The number of fused-ring (bicyclic) bond motifs is 1. The standard InChI is InChI=1S/C24H26N4O2/c1-3-27-14-21-20(22(21)15-27)9-6-17-4-7-18(8-5-17)23-12-19(26-30-23)13-28-11-10-25-24(28)16(2)29/h4-5,7-8,10-12,16,20-22,29H,3,13-15H2,1-2H3/t16-,20-,21-,22+/m0/s1. The smallest absolute Gasteiger partial charge is 0.167 e. The molecular formula is C24H26N4O2. The molecule has 0 amide bonds. The summed E-state index contributed by atoms with van der Waals surface area (Å²) in [7, 11) is 0. The highest BCUT2D eigenvalue weighted by Gasteiger charge is 2.54. The maximum Gasteiger partial charge on any atom is 0.167 e. The van der Waals surface area contributed by atoms with Gasteiger partial charge in [-0.1, -0.05) is 23.9 Å². The molecule has 30 heavy (non-hydrogen) atoms. The molecule has 6 nitrogen and oxygen atoms in total. The first-order valence-electron chi connectivity index (χ1n) is 10.6. The SMILES string of the molecule is CCN1C[C@@H]2[C@@H](C#Cc3ccc(-c4cc(Cn5ccnc5[C@H](C)O)no4)cc3)[C@@H]2C1. The predicted molar refractivity (Wildman–Crippen MR) is 113 cm³/mol. The van der Waals surface area contributed by atoms with Crippen molar-refractivity contribution in [3.8, 4) is 23.2 Å². The quantitative estimate of drug-likeness (QED) is 0.664. The highest BCUT2D eigenvalue weighted by Crippen LogP contribution is 2.51. The van der Waals surface area contributed by atoms with Crippen molar-refractivity contribution in [1.29, 1.82) is 0 Å². The van der Waals surface area contributed by atoms with Crippen molar-refractivity contribution >= 4 is 0 Å². The van der Waals surface area contributed by atoms with Crippen molar-refractivity contribution in [3.05, 3.63) is 59.8 Å². The second kappa shape index (κ2) is 7.75. The normalized spacial score (nSPS) is 23.6. The van der Waals surface area contributed by atoms with E-state index in [1.165, 1.54) is 13.1 Å². The third kappa shape index (κ3) is 3.67. The van der Waals surface area contributed by atoms with Crippen LogP contribution in [-0.2, 0) is 6.54 Å². The number of benzene rings is 1. The van der Waals surface area contributed by atoms with Crippen molar-refractivity contribution in [1.82, 2.24) is 19.6 Å². The molecule has 154 valence electrons. The topological polar surface area (TPSA) is 67.3 Å². The fourth-order valence-electron chi connectivity index (χ4n) is 4.49. The maximum absolute atomic E-state index is 9.79. The summed E-state index contributed by atoms with van der Waals surface area (Å²) in [6, 6.07) is 10.1. The average molecular weight is 402 g/mol. The van der Waals surface area contributed by atoms with Crippen LogP contribution in [0.1, 0.15) is 37.0 Å². The molecule has 2 aromatic heterocycles. The Kier molecular flexibility index (Phi) is 4.93. The van der Waals surface area contributed by atoms with Crippen LogP contribution in [0.3, 0.4) is 0 Å². The Morgan fingerprint density at radius 2 is 2.00 bits per heavy atom. The van der Waals surface area contributed by atoms with Gasteiger partial charge in [-0.2, -0.15) is 0 Å². The van der Waals surface area contributed by atoms with Crippen LogP contribution < -0.4 is 0 Å². The molecule has 1 saturated heterocycles. The molecule has 1 saturated carbocycles. The van der Waals surface area contributed by atoms with Crippen LogP contribution in [0.4, 0.5) is 0 Å². The van der Waals surface area contributed by atoms with E-state index >= 15 is 0 Å². The predicted octanol–water partition coefficient (Wildman–Crippen LogP) is 3.19. The fourth-order valence-corrected chi connectivity index (χ4v) is 4.49. The zero-order valence-electron chi connectivity index (χ0n) is 17.3. The minimum atomic E-state index is -0.624. The Morgan fingerprint density at radius 3 is 2.70 bits per heavy atom. The Hall–Kier alpha value is -2.88. The molecule has 3 heterocycles. The number of aromatic nitrogens is 3. The molecule has 0 spiro atoms. The van der Waals surface area contributed by atoms with Crippen molar-refractivity contribution < 1.29 is 9.63 Å². The van der Waals surface area contributed by atoms with Crippen molar-refractivity contribution in [2.24, 2.45) is 17.8 Å². The van der Waals surface area contributed by atoms with Gasteiger partial charge >= 0.3 is 0 Å². The summed E-state index contributed by atoms with van der Waals surface area (Å²) in [6.45, 7) is 8.02. The molecule has 1 aliphatic carbocycles. The summed E-state index contributed by atoms with van der Waals surface area (Å²) in [5.41, 5.74) is 2.80. The van der Waals surface area contributed by atoms with E-state index < -0.39 is 6.10 Å². The number of piperidine rings is 1. The van der Waals surface area contributed by atoms with Gasteiger partial charge in [0, 0.05) is 48.6 Å². The summed E-state index contributed by atoms with van der Waals surface area (Å²) >= 11 is 0. The molecule has 0 radical (unpaired) electrons. The molecule has 1 aromatic carbocycles. The highest BCUT2D eigenvalue weighted by atomic mass is 16.5. The van der Waals surface area contributed by atoms with Gasteiger partial charge in [-0.25, -0.2) is 4.98 Å². The minimum absolute atomic E-state index is 0.506. The monoisotopic (exact) mass is 402 g/mol. The van der Waals surface area contributed by atoms with Gasteiger partial charge in [-0.3, -0.25) is 0 Å². The number of nitrogens with zero attached hydrogens (tertiary/aromatic N) is 4. The Morgan fingerprint density at radius 1 is 1.23 bits per heavy atom. The number of likely N-dealkylation sites (tertiary alicyclic amines) is 1. The van der Waals surface area contributed by atoms with E-state index in [1.54, 1.807) is 13.1 Å². The molecule has 1 aliphatic heterocycles. The number of aliphatic hydroxyl groups excluding tert-OH is 1. The van der Waals surface area contributed by atoms with E-state index in [1.807, 2.05) is 41.1 Å². The largest absolute Gasteiger partial charge is 0.385 e. The van der Waals surface area contributed by atoms with Gasteiger partial charge in [0.1, 0.15) is 17.6 Å². The number of aliphatic hydroxyl groups is 1. The second-order valence-corrected chi connectivity index (χ2v) is 8.32. The highest BCUT2D eigenvalue weighted by molar-refractivity contribution is 5.59. The lowest BCUT2D eigenvalue weighted by Crippen LogP contribution is -2.23. The minimum Gasteiger partial charge on any atom is -0.385 e. The molecule has 3 aromatic rings. The van der Waals surface area contributed by atoms with Crippen molar-refractivity contribution in [2.45, 2.75) is 26.5 Å². The number of rotatable bonds is 5. The lowest BCUT2D eigenvalue weighted by molar-refractivity contribution is 0.184. The van der Waals surface area contributed by atoms with Gasteiger partial charge < -0.3 is 19.1 Å². The number of hydrogen-bond donors (Lipinski definition) is 1. The van der Waals surface area contributed by atoms with Gasteiger partial charge in [-0.05, 0) is 49.6 Å². The van der Waals surface area contributed by atoms with Crippen LogP contribution in [-0.4, -0.2) is 44.3 Å². The van der Waals surface area contributed by atoms with E-state index in [4.69, 9.17) is 4.52 Å². The number of hydrogen-bond acceptors (Lipinski definition) is 5. The third-order valence-corrected chi connectivity index (χ3v) is 6.28. The lowest BCUT2D eigenvalue weighted by Gasteiger charge is -2.14. The Bertz CT molecular complexity index is 1070. The molecule has 0 bridgehead atoms. The average Bonchev–Trinajstić information content (AvgIpc) is 3.25. The van der Waals surface area contributed by atoms with Crippen LogP contribution in [0.15, 0.2) is 47.2 Å². The summed E-state index contributed by atoms with van der Waals surface area (Å²) < 4.78 is 7.40. The lowest BCUT2D eigenvalue weighted by atomic mass is 10.1.